The average molecular weight is 409 g/mol. The molecule has 2 bridgehead atoms. The lowest BCUT2D eigenvalue weighted by atomic mass is 9.49. The minimum Gasteiger partial charge on any atom is -0.507 e. The highest BCUT2D eigenvalue weighted by Gasteiger charge is 2.61. The normalized spacial score (nSPS) is 35.3. The highest BCUT2D eigenvalue weighted by molar-refractivity contribution is 7.98. The molecule has 6 rings (SSSR count). The maximum atomic E-state index is 13.5. The van der Waals surface area contributed by atoms with Crippen LogP contribution in [0.1, 0.15) is 44.9 Å². The van der Waals surface area contributed by atoms with Crippen molar-refractivity contribution in [2.45, 2.75) is 66.3 Å². The number of nitrogens with zero attached hydrogens (tertiary/aromatic N) is 2. The maximum Gasteiger partial charge on any atom is 0.245 e. The molecule has 1 aromatic rings. The second-order valence-corrected chi connectivity index (χ2v) is 11.8. The Kier molecular flexibility index (Phi) is 4.05. The number of benzene rings is 1. The van der Waals surface area contributed by atoms with Gasteiger partial charge in [0.1, 0.15) is 10.6 Å². The van der Waals surface area contributed by atoms with Gasteiger partial charge in [-0.2, -0.15) is 4.31 Å². The number of aromatic hydroxyl groups is 1. The van der Waals surface area contributed by atoms with E-state index in [1.807, 2.05) is 12.3 Å². The number of hydrogen-bond acceptors (Lipinski definition) is 5. The van der Waals surface area contributed by atoms with Gasteiger partial charge >= 0.3 is 0 Å². The Hall–Kier alpha value is -0.920. The topological polar surface area (TPSA) is 60.9 Å². The Balaban J connectivity index is 1.67. The van der Waals surface area contributed by atoms with Crippen molar-refractivity contribution in [1.82, 2.24) is 4.31 Å². The first-order valence-corrected chi connectivity index (χ1v) is 12.7. The molecule has 148 valence electrons. The van der Waals surface area contributed by atoms with E-state index in [1.165, 1.54) is 49.9 Å². The highest BCUT2D eigenvalue weighted by Crippen LogP contribution is 2.62. The lowest BCUT2D eigenvalue weighted by Gasteiger charge is -2.67. The summed E-state index contributed by atoms with van der Waals surface area (Å²) in [5.41, 5.74) is 0.950. The Bertz CT molecular complexity index is 862. The molecule has 4 fully saturated rings. The van der Waals surface area contributed by atoms with E-state index in [9.17, 15) is 13.5 Å². The zero-order chi connectivity index (χ0) is 19.0. The van der Waals surface area contributed by atoms with Crippen LogP contribution in [0.25, 0.3) is 0 Å². The van der Waals surface area contributed by atoms with Crippen molar-refractivity contribution in [1.29, 1.82) is 0 Å². The minimum absolute atomic E-state index is 0.0128. The van der Waals surface area contributed by atoms with Crippen LogP contribution in [-0.2, 0) is 10.0 Å². The Labute approximate surface area is 166 Å². The number of rotatable bonds is 3. The number of phenolic OH excluding ortho intramolecular Hbond substituents is 1. The Morgan fingerprint density at radius 2 is 1.85 bits per heavy atom. The second kappa shape index (κ2) is 6.04. The quantitative estimate of drug-likeness (QED) is 0.774. The predicted molar refractivity (Wildman–Crippen MR) is 108 cm³/mol. The van der Waals surface area contributed by atoms with Crippen LogP contribution >= 0.6 is 11.8 Å². The van der Waals surface area contributed by atoms with Gasteiger partial charge in [-0.3, -0.25) is 0 Å². The molecule has 1 aromatic carbocycles. The number of likely N-dealkylation sites (N-methyl/N-ethyl adjacent to an activating group) is 1. The van der Waals surface area contributed by atoms with Gasteiger partial charge < -0.3 is 10.0 Å². The summed E-state index contributed by atoms with van der Waals surface area (Å²) in [5, 5.41) is 10.4. The van der Waals surface area contributed by atoms with Gasteiger partial charge in [-0.15, -0.1) is 11.8 Å². The number of anilines is 1. The number of thioether (sulfide) groups is 1. The van der Waals surface area contributed by atoms with E-state index in [-0.39, 0.29) is 22.2 Å². The van der Waals surface area contributed by atoms with Gasteiger partial charge in [-0.1, -0.05) is 12.8 Å². The lowest BCUT2D eigenvalue weighted by molar-refractivity contribution is -0.0279. The smallest absolute Gasteiger partial charge is 0.245 e. The van der Waals surface area contributed by atoms with E-state index in [1.54, 1.807) is 11.4 Å². The van der Waals surface area contributed by atoms with Crippen LogP contribution in [0.5, 0.6) is 5.75 Å². The van der Waals surface area contributed by atoms with Crippen LogP contribution in [0.2, 0.25) is 0 Å². The molecule has 5 aliphatic rings. The zero-order valence-electron chi connectivity index (χ0n) is 16.0. The summed E-state index contributed by atoms with van der Waals surface area (Å²) in [5.74, 6) is 1.32. The van der Waals surface area contributed by atoms with E-state index in [4.69, 9.17) is 0 Å². The number of hydrogen-bond donors (Lipinski definition) is 1. The summed E-state index contributed by atoms with van der Waals surface area (Å²) >= 11 is 1.47. The van der Waals surface area contributed by atoms with Crippen molar-refractivity contribution in [3.63, 3.8) is 0 Å². The number of fused-ring (bicyclic) bond motifs is 1. The molecule has 1 aliphatic heterocycles. The summed E-state index contributed by atoms with van der Waals surface area (Å²) in [4.78, 5) is 3.46. The van der Waals surface area contributed by atoms with Crippen LogP contribution in [0.15, 0.2) is 21.9 Å². The van der Waals surface area contributed by atoms with Gasteiger partial charge in [0.25, 0.3) is 0 Å². The maximum absolute atomic E-state index is 13.5. The van der Waals surface area contributed by atoms with E-state index in [0.717, 1.165) is 35.9 Å². The molecule has 0 aromatic heterocycles. The number of phenols is 1. The van der Waals surface area contributed by atoms with Gasteiger partial charge in [0.2, 0.25) is 10.0 Å². The van der Waals surface area contributed by atoms with Gasteiger partial charge in [-0.05, 0) is 56.3 Å². The fourth-order valence-corrected chi connectivity index (χ4v) is 7.95. The molecule has 4 aliphatic carbocycles. The zero-order valence-corrected chi connectivity index (χ0v) is 17.7. The predicted octanol–water partition coefficient (Wildman–Crippen LogP) is 3.67. The standard InChI is InChI=1S/C20H28N2O3S2/c1-21-16(14-5-3-4-6-14)12-22(20-9-13(10-20)11-20)15-7-18(26-2)17(23)8-19(15)27(21,24)25/h7-8,13-14,16,23H,3-6,9-12H2,1-2H3/t13?,16-,20?/m0/s1. The van der Waals surface area contributed by atoms with E-state index in [2.05, 4.69) is 4.90 Å². The largest absolute Gasteiger partial charge is 0.507 e. The molecule has 0 unspecified atom stereocenters. The summed E-state index contributed by atoms with van der Waals surface area (Å²) in [7, 11) is -1.89. The molecule has 0 amide bonds. The van der Waals surface area contributed by atoms with Crippen molar-refractivity contribution in [2.75, 3.05) is 24.7 Å². The molecule has 1 N–H and O–H groups in total. The van der Waals surface area contributed by atoms with Crippen molar-refractivity contribution >= 4 is 27.5 Å². The second-order valence-electron chi connectivity index (χ2n) is 8.94. The van der Waals surface area contributed by atoms with Crippen molar-refractivity contribution in [3.05, 3.63) is 12.1 Å². The third-order valence-electron chi connectivity index (χ3n) is 7.57. The molecule has 4 saturated carbocycles. The first-order chi connectivity index (χ1) is 12.9. The highest BCUT2D eigenvalue weighted by atomic mass is 32.2. The molecular formula is C20H28N2O3S2. The van der Waals surface area contributed by atoms with Crippen LogP contribution in [0, 0.1) is 11.8 Å². The van der Waals surface area contributed by atoms with E-state index in [0.29, 0.717) is 5.92 Å². The third kappa shape index (κ3) is 2.50. The molecule has 0 saturated heterocycles. The monoisotopic (exact) mass is 408 g/mol. The molecule has 27 heavy (non-hydrogen) atoms. The first-order valence-electron chi connectivity index (χ1n) is 10.0. The minimum atomic E-state index is -3.63. The van der Waals surface area contributed by atoms with Crippen molar-refractivity contribution in [3.8, 4) is 5.75 Å². The molecule has 1 atom stereocenters. The van der Waals surface area contributed by atoms with Crippen molar-refractivity contribution in [2.24, 2.45) is 11.8 Å². The van der Waals surface area contributed by atoms with Crippen LogP contribution in [0.3, 0.4) is 0 Å². The lowest BCUT2D eigenvalue weighted by Crippen LogP contribution is -2.70. The van der Waals surface area contributed by atoms with Crippen LogP contribution in [0.4, 0.5) is 5.69 Å². The van der Waals surface area contributed by atoms with Gasteiger partial charge in [0.05, 0.1) is 10.6 Å². The fourth-order valence-electron chi connectivity index (χ4n) is 5.85. The fraction of sp³-hybridized carbons (Fsp3) is 0.700. The molecule has 7 heteroatoms. The van der Waals surface area contributed by atoms with Gasteiger partial charge in [-0.25, -0.2) is 8.42 Å². The van der Waals surface area contributed by atoms with Gasteiger partial charge in [0.15, 0.2) is 0 Å². The Morgan fingerprint density at radius 1 is 1.19 bits per heavy atom. The molecule has 0 spiro atoms. The summed E-state index contributed by atoms with van der Waals surface area (Å²) in [6.45, 7) is 0.777. The first kappa shape index (κ1) is 18.1. The van der Waals surface area contributed by atoms with Crippen LogP contribution in [-0.4, -0.2) is 49.3 Å². The summed E-state index contributed by atoms with van der Waals surface area (Å²) in [6, 6.07) is 3.42. The molecular weight excluding hydrogens is 380 g/mol. The van der Waals surface area contributed by atoms with E-state index < -0.39 is 10.0 Å². The average Bonchev–Trinajstić information content (AvgIpc) is 3.06. The van der Waals surface area contributed by atoms with Gasteiger partial charge in [0, 0.05) is 31.2 Å². The van der Waals surface area contributed by atoms with Crippen molar-refractivity contribution < 1.29 is 13.5 Å². The van der Waals surface area contributed by atoms with E-state index >= 15 is 0 Å². The number of sulfonamides is 1. The molecule has 1 heterocycles. The molecule has 0 radical (unpaired) electrons. The summed E-state index contributed by atoms with van der Waals surface area (Å²) < 4.78 is 28.6. The third-order valence-corrected chi connectivity index (χ3v) is 10.2. The SMILES string of the molecule is CSc1cc2c(cc1O)S(=O)(=O)N(C)[C@H](C1CCCC1)CN2C12CC(C1)C2. The van der Waals surface area contributed by atoms with Crippen LogP contribution < -0.4 is 4.90 Å². The molecule has 5 nitrogen and oxygen atoms in total. The summed E-state index contributed by atoms with van der Waals surface area (Å²) in [6.07, 6.45) is 10.1. The Morgan fingerprint density at radius 3 is 2.41 bits per heavy atom.